The lowest BCUT2D eigenvalue weighted by molar-refractivity contribution is 0.246. The van der Waals surface area contributed by atoms with Gasteiger partial charge in [0, 0.05) is 45.3 Å². The molecule has 1 aromatic carbocycles. The minimum absolute atomic E-state index is 0.887. The molecular formula is C26H31N7. The topological polar surface area (TPSA) is 63.0 Å². The van der Waals surface area contributed by atoms with Gasteiger partial charge >= 0.3 is 0 Å². The number of aryl methyl sites for hydroxylation is 2. The summed E-state index contributed by atoms with van der Waals surface area (Å²) in [6.07, 6.45) is 4.97. The third-order valence-electron chi connectivity index (χ3n) is 6.27. The van der Waals surface area contributed by atoms with Crippen molar-refractivity contribution in [2.45, 2.75) is 39.7 Å². The number of para-hydroxylation sites is 1. The lowest BCUT2D eigenvalue weighted by Crippen LogP contribution is -2.46. The van der Waals surface area contributed by atoms with E-state index >= 15 is 0 Å². The van der Waals surface area contributed by atoms with Crippen LogP contribution in [0.2, 0.25) is 0 Å². The van der Waals surface area contributed by atoms with Crippen molar-refractivity contribution in [3.05, 3.63) is 71.9 Å². The smallest absolute Gasteiger partial charge is 0.168 e. The summed E-state index contributed by atoms with van der Waals surface area (Å²) in [5, 5.41) is 5.94. The van der Waals surface area contributed by atoms with Gasteiger partial charge in [-0.25, -0.2) is 14.6 Å². The molecule has 1 saturated heterocycles. The number of rotatable bonds is 7. The molecule has 0 N–H and O–H groups in total. The standard InChI is InChI=1S/C26H31N7/c1-3-4-13-23-28-25(32-17-15-31(16-18-32)19-21-10-8-9-14-27-21)24-20(2)30-33(26(24)29-23)22-11-6-5-7-12-22/h5-12,14H,3-4,13,15-19H2,1-2H3. The number of hydrogen-bond acceptors (Lipinski definition) is 6. The van der Waals surface area contributed by atoms with E-state index in [1.54, 1.807) is 0 Å². The highest BCUT2D eigenvalue weighted by molar-refractivity contribution is 5.91. The molecule has 4 heterocycles. The van der Waals surface area contributed by atoms with Crippen molar-refractivity contribution in [2.75, 3.05) is 31.1 Å². The first-order valence-electron chi connectivity index (χ1n) is 11.9. The van der Waals surface area contributed by atoms with Gasteiger partial charge in [-0.1, -0.05) is 37.6 Å². The van der Waals surface area contributed by atoms with Crippen molar-refractivity contribution in [1.29, 1.82) is 0 Å². The third kappa shape index (κ3) is 4.59. The van der Waals surface area contributed by atoms with Crippen molar-refractivity contribution < 1.29 is 0 Å². The van der Waals surface area contributed by atoms with Crippen LogP contribution in [-0.4, -0.2) is 55.8 Å². The highest BCUT2D eigenvalue weighted by Crippen LogP contribution is 2.30. The quantitative estimate of drug-likeness (QED) is 0.429. The molecule has 5 rings (SSSR count). The fraction of sp³-hybridized carbons (Fsp3) is 0.385. The van der Waals surface area contributed by atoms with Gasteiger partial charge in [0.25, 0.3) is 0 Å². The summed E-state index contributed by atoms with van der Waals surface area (Å²) in [5.41, 5.74) is 4.03. The van der Waals surface area contributed by atoms with E-state index in [-0.39, 0.29) is 0 Å². The molecule has 33 heavy (non-hydrogen) atoms. The number of piperazine rings is 1. The monoisotopic (exact) mass is 441 g/mol. The fourth-order valence-electron chi connectivity index (χ4n) is 4.47. The summed E-state index contributed by atoms with van der Waals surface area (Å²) < 4.78 is 1.97. The Balaban J connectivity index is 1.46. The molecule has 0 radical (unpaired) electrons. The molecule has 3 aromatic heterocycles. The van der Waals surface area contributed by atoms with Gasteiger partial charge in [0.15, 0.2) is 5.65 Å². The second-order valence-electron chi connectivity index (χ2n) is 8.68. The molecule has 1 aliphatic rings. The van der Waals surface area contributed by atoms with E-state index in [1.165, 1.54) is 0 Å². The van der Waals surface area contributed by atoms with Gasteiger partial charge in [0.1, 0.15) is 11.6 Å². The molecule has 0 bridgehead atoms. The summed E-state index contributed by atoms with van der Waals surface area (Å²) in [5.74, 6) is 1.94. The Labute approximate surface area is 195 Å². The zero-order chi connectivity index (χ0) is 22.6. The van der Waals surface area contributed by atoms with Crippen LogP contribution in [0.5, 0.6) is 0 Å². The first-order chi connectivity index (χ1) is 16.2. The predicted molar refractivity (Wildman–Crippen MR) is 132 cm³/mol. The van der Waals surface area contributed by atoms with Gasteiger partial charge in [-0.15, -0.1) is 0 Å². The van der Waals surface area contributed by atoms with E-state index in [9.17, 15) is 0 Å². The molecule has 1 aliphatic heterocycles. The molecule has 0 saturated carbocycles. The van der Waals surface area contributed by atoms with Gasteiger partial charge in [-0.2, -0.15) is 5.10 Å². The summed E-state index contributed by atoms with van der Waals surface area (Å²) in [4.78, 5) is 19.4. The first kappa shape index (κ1) is 21.5. The molecule has 1 fully saturated rings. The summed E-state index contributed by atoms with van der Waals surface area (Å²) >= 11 is 0. The maximum absolute atomic E-state index is 5.07. The summed E-state index contributed by atoms with van der Waals surface area (Å²) in [6.45, 7) is 9.00. The first-order valence-corrected chi connectivity index (χ1v) is 11.9. The minimum atomic E-state index is 0.887. The number of hydrogen-bond donors (Lipinski definition) is 0. The van der Waals surface area contributed by atoms with Crippen molar-refractivity contribution >= 4 is 16.9 Å². The van der Waals surface area contributed by atoms with Crippen LogP contribution < -0.4 is 4.90 Å². The predicted octanol–water partition coefficient (Wildman–Crippen LogP) is 4.18. The van der Waals surface area contributed by atoms with Crippen LogP contribution in [0, 0.1) is 6.92 Å². The molecule has 0 amide bonds. The SMILES string of the molecule is CCCCc1nc(N2CCN(Cc3ccccn3)CC2)c2c(C)nn(-c3ccccc3)c2n1. The molecule has 0 atom stereocenters. The molecule has 170 valence electrons. The maximum Gasteiger partial charge on any atom is 0.168 e. The number of nitrogens with zero attached hydrogens (tertiary/aromatic N) is 7. The van der Waals surface area contributed by atoms with E-state index < -0.39 is 0 Å². The van der Waals surface area contributed by atoms with Crippen LogP contribution in [-0.2, 0) is 13.0 Å². The highest BCUT2D eigenvalue weighted by Gasteiger charge is 2.24. The van der Waals surface area contributed by atoms with Gasteiger partial charge in [-0.05, 0) is 37.6 Å². The second kappa shape index (κ2) is 9.67. The Bertz CT molecular complexity index is 1200. The van der Waals surface area contributed by atoms with E-state index in [4.69, 9.17) is 15.1 Å². The lowest BCUT2D eigenvalue weighted by Gasteiger charge is -2.35. The number of unbranched alkanes of at least 4 members (excludes halogenated alkanes) is 1. The van der Waals surface area contributed by atoms with E-state index in [2.05, 4.69) is 52.9 Å². The lowest BCUT2D eigenvalue weighted by atomic mass is 10.2. The van der Waals surface area contributed by atoms with Crippen molar-refractivity contribution in [1.82, 2.24) is 29.6 Å². The molecule has 0 unspecified atom stereocenters. The van der Waals surface area contributed by atoms with E-state index in [0.29, 0.717) is 0 Å². The molecule has 7 heteroatoms. The van der Waals surface area contributed by atoms with Crippen LogP contribution in [0.1, 0.15) is 37.0 Å². The average Bonchev–Trinajstić information content (AvgIpc) is 3.20. The third-order valence-corrected chi connectivity index (χ3v) is 6.27. The van der Waals surface area contributed by atoms with Gasteiger partial charge in [-0.3, -0.25) is 9.88 Å². The number of pyridine rings is 1. The molecular weight excluding hydrogens is 410 g/mol. The van der Waals surface area contributed by atoms with Crippen LogP contribution >= 0.6 is 0 Å². The van der Waals surface area contributed by atoms with Gasteiger partial charge < -0.3 is 4.90 Å². The molecule has 0 aliphatic carbocycles. The summed E-state index contributed by atoms with van der Waals surface area (Å²) in [7, 11) is 0. The fourth-order valence-corrected chi connectivity index (χ4v) is 4.47. The Kier molecular flexibility index (Phi) is 6.30. The highest BCUT2D eigenvalue weighted by atomic mass is 15.3. The van der Waals surface area contributed by atoms with Crippen LogP contribution in [0.25, 0.3) is 16.7 Å². The normalized spacial score (nSPS) is 14.8. The van der Waals surface area contributed by atoms with Crippen molar-refractivity contribution in [2.24, 2.45) is 0 Å². The number of benzene rings is 1. The Hall–Kier alpha value is -3.32. The maximum atomic E-state index is 5.07. The Morgan fingerprint density at radius 2 is 1.70 bits per heavy atom. The molecule has 0 spiro atoms. The van der Waals surface area contributed by atoms with E-state index in [0.717, 1.165) is 91.7 Å². The van der Waals surface area contributed by atoms with Crippen LogP contribution in [0.3, 0.4) is 0 Å². The largest absolute Gasteiger partial charge is 0.353 e. The molecule has 7 nitrogen and oxygen atoms in total. The van der Waals surface area contributed by atoms with Gasteiger partial charge in [0.05, 0.1) is 22.5 Å². The van der Waals surface area contributed by atoms with Crippen molar-refractivity contribution in [3.8, 4) is 5.69 Å². The summed E-state index contributed by atoms with van der Waals surface area (Å²) in [6, 6.07) is 16.4. The Morgan fingerprint density at radius 3 is 2.42 bits per heavy atom. The Morgan fingerprint density at radius 1 is 0.909 bits per heavy atom. The second-order valence-corrected chi connectivity index (χ2v) is 8.68. The van der Waals surface area contributed by atoms with Crippen LogP contribution in [0.4, 0.5) is 5.82 Å². The number of anilines is 1. The number of aromatic nitrogens is 5. The zero-order valence-corrected chi connectivity index (χ0v) is 19.5. The zero-order valence-electron chi connectivity index (χ0n) is 19.5. The minimum Gasteiger partial charge on any atom is -0.353 e. The van der Waals surface area contributed by atoms with Crippen molar-refractivity contribution in [3.63, 3.8) is 0 Å². The van der Waals surface area contributed by atoms with E-state index in [1.807, 2.05) is 35.1 Å². The average molecular weight is 442 g/mol. The van der Waals surface area contributed by atoms with Gasteiger partial charge in [0.2, 0.25) is 0 Å². The molecule has 4 aromatic rings. The number of fused-ring (bicyclic) bond motifs is 1. The van der Waals surface area contributed by atoms with Crippen LogP contribution in [0.15, 0.2) is 54.7 Å².